The molecule has 2 heterocycles. The van der Waals surface area contributed by atoms with Gasteiger partial charge in [-0.15, -0.1) is 11.3 Å². The van der Waals surface area contributed by atoms with Gasteiger partial charge in [0.05, 0.1) is 22.9 Å². The van der Waals surface area contributed by atoms with Crippen molar-refractivity contribution >= 4 is 50.7 Å². The topological polar surface area (TPSA) is 85.5 Å². The van der Waals surface area contributed by atoms with E-state index >= 15 is 0 Å². The van der Waals surface area contributed by atoms with Gasteiger partial charge in [-0.1, -0.05) is 11.6 Å². The van der Waals surface area contributed by atoms with Crippen LogP contribution in [0.5, 0.6) is 0 Å². The molecule has 3 rings (SSSR count). The molecular weight excluding hydrogens is 421 g/mol. The van der Waals surface area contributed by atoms with Gasteiger partial charge in [-0.25, -0.2) is 14.0 Å². The van der Waals surface area contributed by atoms with Crippen molar-refractivity contribution in [2.75, 3.05) is 13.2 Å². The lowest BCUT2D eigenvalue weighted by Gasteiger charge is -2.04. The molecule has 0 atom stereocenters. The van der Waals surface area contributed by atoms with Gasteiger partial charge in [0.15, 0.2) is 6.61 Å². The van der Waals surface area contributed by atoms with Gasteiger partial charge >= 0.3 is 11.9 Å². The molecule has 0 radical (unpaired) electrons. The first kappa shape index (κ1) is 21.0. The van der Waals surface area contributed by atoms with Crippen LogP contribution in [0.1, 0.15) is 48.7 Å². The van der Waals surface area contributed by atoms with Gasteiger partial charge in [0, 0.05) is 15.8 Å². The number of H-pyrrole nitrogens is 1. The molecule has 0 aliphatic rings. The van der Waals surface area contributed by atoms with Crippen molar-refractivity contribution in [2.24, 2.45) is 0 Å². The number of rotatable bonds is 6. The molecule has 0 saturated heterocycles. The Bertz CT molecular complexity index is 1130. The van der Waals surface area contributed by atoms with E-state index in [4.69, 9.17) is 21.1 Å². The number of benzene rings is 1. The second-order valence-corrected chi connectivity index (χ2v) is 7.66. The second kappa shape index (κ2) is 8.34. The van der Waals surface area contributed by atoms with Crippen LogP contribution < -0.4 is 0 Å². The number of hydrogen-bond acceptors (Lipinski definition) is 6. The van der Waals surface area contributed by atoms with E-state index in [1.54, 1.807) is 20.8 Å². The number of nitrogens with one attached hydrogen (secondary N) is 1. The van der Waals surface area contributed by atoms with E-state index in [2.05, 4.69) is 4.98 Å². The Labute approximate surface area is 174 Å². The zero-order chi connectivity index (χ0) is 21.3. The number of ketones is 1. The molecule has 9 heteroatoms. The molecule has 0 fully saturated rings. The van der Waals surface area contributed by atoms with Gasteiger partial charge in [-0.2, -0.15) is 0 Å². The summed E-state index contributed by atoms with van der Waals surface area (Å²) in [5.74, 6) is -2.26. The SMILES string of the molecule is CCOC(=O)c1c(C)[nH]c(C(=O)COC(=O)c2sc3cc(F)ccc3c2Cl)c1C. The van der Waals surface area contributed by atoms with E-state index in [0.29, 0.717) is 21.3 Å². The van der Waals surface area contributed by atoms with Crippen LogP contribution in [0.3, 0.4) is 0 Å². The third-order valence-electron chi connectivity index (χ3n) is 4.31. The highest BCUT2D eigenvalue weighted by atomic mass is 35.5. The Kier molecular flexibility index (Phi) is 6.04. The smallest absolute Gasteiger partial charge is 0.350 e. The summed E-state index contributed by atoms with van der Waals surface area (Å²) in [6.45, 7) is 4.62. The quantitative estimate of drug-likeness (QED) is 0.440. The normalized spacial score (nSPS) is 10.9. The van der Waals surface area contributed by atoms with Gasteiger partial charge < -0.3 is 14.5 Å². The minimum atomic E-state index is -0.781. The molecule has 2 aromatic heterocycles. The molecule has 0 unspecified atom stereocenters. The standard InChI is InChI=1S/C20H17ClFNO5S/c1-4-27-19(25)15-9(2)17(23-10(15)3)13(24)8-28-20(26)18-16(21)12-6-5-11(22)7-14(12)29-18/h5-7,23H,4,8H2,1-3H3. The van der Waals surface area contributed by atoms with Crippen molar-refractivity contribution in [3.8, 4) is 0 Å². The number of thiophene rings is 1. The van der Waals surface area contributed by atoms with Crippen LogP contribution in [0.25, 0.3) is 10.1 Å². The van der Waals surface area contributed by atoms with Crippen LogP contribution in [-0.2, 0) is 9.47 Å². The number of esters is 2. The van der Waals surface area contributed by atoms with Gasteiger partial charge in [0.2, 0.25) is 5.78 Å². The third kappa shape index (κ3) is 4.04. The minimum absolute atomic E-state index is 0.0895. The number of aromatic amines is 1. The van der Waals surface area contributed by atoms with Crippen LogP contribution in [0.4, 0.5) is 4.39 Å². The number of halogens is 2. The van der Waals surface area contributed by atoms with E-state index in [-0.39, 0.29) is 27.8 Å². The van der Waals surface area contributed by atoms with Gasteiger partial charge in [-0.3, -0.25) is 4.79 Å². The lowest BCUT2D eigenvalue weighted by Crippen LogP contribution is -2.15. The van der Waals surface area contributed by atoms with E-state index in [1.807, 2.05) is 0 Å². The zero-order valence-corrected chi connectivity index (χ0v) is 17.4. The maximum Gasteiger partial charge on any atom is 0.350 e. The van der Waals surface area contributed by atoms with Crippen molar-refractivity contribution in [3.63, 3.8) is 0 Å². The van der Waals surface area contributed by atoms with Crippen molar-refractivity contribution in [1.82, 2.24) is 4.98 Å². The molecule has 0 aliphatic heterocycles. The molecule has 29 heavy (non-hydrogen) atoms. The number of hydrogen-bond donors (Lipinski definition) is 1. The van der Waals surface area contributed by atoms with Crippen molar-refractivity contribution in [2.45, 2.75) is 20.8 Å². The maximum atomic E-state index is 13.4. The number of Topliss-reactive ketones (excluding diaryl/α,β-unsaturated/α-hetero) is 1. The maximum absolute atomic E-state index is 13.4. The highest BCUT2D eigenvalue weighted by Crippen LogP contribution is 2.36. The zero-order valence-electron chi connectivity index (χ0n) is 15.9. The summed E-state index contributed by atoms with van der Waals surface area (Å²) in [6, 6.07) is 4.00. The van der Waals surface area contributed by atoms with Crippen LogP contribution >= 0.6 is 22.9 Å². The molecular formula is C20H17ClFNO5S. The summed E-state index contributed by atoms with van der Waals surface area (Å²) in [5.41, 5.74) is 1.38. The van der Waals surface area contributed by atoms with Crippen molar-refractivity contribution in [1.29, 1.82) is 0 Å². The Morgan fingerprint density at radius 1 is 1.17 bits per heavy atom. The number of aryl methyl sites for hydroxylation is 1. The van der Waals surface area contributed by atoms with Crippen LogP contribution in [0.2, 0.25) is 5.02 Å². The molecule has 0 amide bonds. The number of aromatic nitrogens is 1. The predicted octanol–water partition coefficient (Wildman–Crippen LogP) is 4.86. The summed E-state index contributed by atoms with van der Waals surface area (Å²) in [4.78, 5) is 39.9. The first-order chi connectivity index (χ1) is 13.7. The summed E-state index contributed by atoms with van der Waals surface area (Å²) < 4.78 is 24.0. The van der Waals surface area contributed by atoms with Crippen LogP contribution in [0, 0.1) is 19.7 Å². The van der Waals surface area contributed by atoms with Gasteiger partial charge in [0.1, 0.15) is 10.7 Å². The molecule has 0 spiro atoms. The highest BCUT2D eigenvalue weighted by Gasteiger charge is 2.25. The number of carbonyl (C=O) groups is 3. The first-order valence-corrected chi connectivity index (χ1v) is 9.88. The fourth-order valence-electron chi connectivity index (χ4n) is 2.98. The number of ether oxygens (including phenoxy) is 2. The summed E-state index contributed by atoms with van der Waals surface area (Å²) in [6.07, 6.45) is 0. The van der Waals surface area contributed by atoms with Crippen molar-refractivity contribution < 1.29 is 28.2 Å². The van der Waals surface area contributed by atoms with E-state index in [0.717, 1.165) is 11.3 Å². The molecule has 1 aromatic carbocycles. The minimum Gasteiger partial charge on any atom is -0.462 e. The molecule has 1 N–H and O–H groups in total. The Hall–Kier alpha value is -2.71. The lowest BCUT2D eigenvalue weighted by molar-refractivity contribution is 0.0477. The van der Waals surface area contributed by atoms with Crippen LogP contribution in [-0.4, -0.2) is 35.9 Å². The van der Waals surface area contributed by atoms with Crippen molar-refractivity contribution in [3.05, 3.63) is 56.4 Å². The molecule has 0 bridgehead atoms. The van der Waals surface area contributed by atoms with Crippen LogP contribution in [0.15, 0.2) is 18.2 Å². The summed E-state index contributed by atoms with van der Waals surface area (Å²) >= 11 is 7.18. The summed E-state index contributed by atoms with van der Waals surface area (Å²) in [7, 11) is 0. The highest BCUT2D eigenvalue weighted by molar-refractivity contribution is 7.21. The molecule has 3 aromatic rings. The predicted molar refractivity (Wildman–Crippen MR) is 108 cm³/mol. The molecule has 0 aliphatic carbocycles. The second-order valence-electron chi connectivity index (χ2n) is 6.23. The first-order valence-electron chi connectivity index (χ1n) is 8.68. The Morgan fingerprint density at radius 2 is 1.90 bits per heavy atom. The third-order valence-corrected chi connectivity index (χ3v) is 5.94. The molecule has 6 nitrogen and oxygen atoms in total. The van der Waals surface area contributed by atoms with E-state index in [9.17, 15) is 18.8 Å². The molecule has 0 saturated carbocycles. The lowest BCUT2D eigenvalue weighted by atomic mass is 10.1. The van der Waals surface area contributed by atoms with E-state index < -0.39 is 30.1 Å². The fraction of sp³-hybridized carbons (Fsp3) is 0.250. The Balaban J connectivity index is 1.76. The average Bonchev–Trinajstić information content (AvgIpc) is 3.15. The van der Waals surface area contributed by atoms with Gasteiger partial charge in [0.25, 0.3) is 0 Å². The summed E-state index contributed by atoms with van der Waals surface area (Å²) in [5, 5.41) is 0.685. The Morgan fingerprint density at radius 3 is 2.59 bits per heavy atom. The monoisotopic (exact) mass is 437 g/mol. The fourth-order valence-corrected chi connectivity index (χ4v) is 4.40. The largest absolute Gasteiger partial charge is 0.462 e. The number of fused-ring (bicyclic) bond motifs is 1. The number of carbonyl (C=O) groups excluding carboxylic acids is 3. The average molecular weight is 438 g/mol. The van der Waals surface area contributed by atoms with E-state index in [1.165, 1.54) is 18.2 Å². The van der Waals surface area contributed by atoms with Gasteiger partial charge in [-0.05, 0) is 44.5 Å². The molecule has 152 valence electrons.